The van der Waals surface area contributed by atoms with Gasteiger partial charge in [-0.05, 0) is 19.1 Å². The summed E-state index contributed by atoms with van der Waals surface area (Å²) in [6.07, 6.45) is 1.71. The van der Waals surface area contributed by atoms with Crippen molar-refractivity contribution < 1.29 is 9.59 Å². The fourth-order valence-corrected chi connectivity index (χ4v) is 3.29. The van der Waals surface area contributed by atoms with Gasteiger partial charge < -0.3 is 10.2 Å². The van der Waals surface area contributed by atoms with Crippen LogP contribution < -0.4 is 5.32 Å². The fraction of sp³-hybridized carbons (Fsp3) is 0.316. The average molecular weight is 364 g/mol. The number of nitrogens with one attached hydrogen (secondary N) is 1. The SMILES string of the molecule is CC(=O)Nc1cc2c(cn1)c(C)nn2-c1cccc(C2CN(C(C)=O)C2)n1. The van der Waals surface area contributed by atoms with Gasteiger partial charge in [-0.1, -0.05) is 6.07 Å². The van der Waals surface area contributed by atoms with Gasteiger partial charge in [0.15, 0.2) is 5.82 Å². The molecule has 4 heterocycles. The number of hydrogen-bond donors (Lipinski definition) is 1. The Bertz CT molecular complexity index is 1050. The van der Waals surface area contributed by atoms with Gasteiger partial charge in [0.2, 0.25) is 11.8 Å². The fourth-order valence-electron chi connectivity index (χ4n) is 3.29. The molecule has 0 bridgehead atoms. The van der Waals surface area contributed by atoms with E-state index in [1.165, 1.54) is 6.92 Å². The molecule has 138 valence electrons. The van der Waals surface area contributed by atoms with Crippen molar-refractivity contribution in [1.29, 1.82) is 0 Å². The average Bonchev–Trinajstić information content (AvgIpc) is 2.89. The molecular weight excluding hydrogens is 344 g/mol. The highest BCUT2D eigenvalue weighted by molar-refractivity contribution is 5.91. The van der Waals surface area contributed by atoms with Gasteiger partial charge in [-0.3, -0.25) is 9.59 Å². The Morgan fingerprint density at radius 1 is 1.22 bits per heavy atom. The largest absolute Gasteiger partial charge is 0.341 e. The van der Waals surface area contributed by atoms with Gasteiger partial charge >= 0.3 is 0 Å². The lowest BCUT2D eigenvalue weighted by Crippen LogP contribution is -2.47. The van der Waals surface area contributed by atoms with Gasteiger partial charge in [-0.2, -0.15) is 5.10 Å². The van der Waals surface area contributed by atoms with Gasteiger partial charge in [0.1, 0.15) is 5.82 Å². The first-order valence-electron chi connectivity index (χ1n) is 8.78. The Labute approximate surface area is 156 Å². The molecule has 8 heteroatoms. The van der Waals surface area contributed by atoms with Crippen LogP contribution in [0.15, 0.2) is 30.5 Å². The van der Waals surface area contributed by atoms with Gasteiger partial charge in [0.25, 0.3) is 0 Å². The Balaban J connectivity index is 1.71. The third-order valence-electron chi connectivity index (χ3n) is 4.77. The van der Waals surface area contributed by atoms with E-state index >= 15 is 0 Å². The maximum absolute atomic E-state index is 11.4. The second-order valence-electron chi connectivity index (χ2n) is 6.81. The molecule has 1 saturated heterocycles. The van der Waals surface area contributed by atoms with Gasteiger partial charge in [0.05, 0.1) is 11.2 Å². The predicted molar refractivity (Wildman–Crippen MR) is 101 cm³/mol. The number of carbonyl (C=O) groups excluding carboxylic acids is 2. The summed E-state index contributed by atoms with van der Waals surface area (Å²) in [5.41, 5.74) is 2.61. The van der Waals surface area contributed by atoms with Gasteiger partial charge in [-0.15, -0.1) is 0 Å². The first-order chi connectivity index (χ1) is 12.9. The van der Waals surface area contributed by atoms with Crippen LogP contribution in [-0.4, -0.2) is 49.6 Å². The van der Waals surface area contributed by atoms with Crippen molar-refractivity contribution in [1.82, 2.24) is 24.6 Å². The molecule has 0 aromatic carbocycles. The van der Waals surface area contributed by atoms with Crippen LogP contribution in [0, 0.1) is 6.92 Å². The molecule has 4 rings (SSSR count). The molecule has 8 nitrogen and oxygen atoms in total. The summed E-state index contributed by atoms with van der Waals surface area (Å²) < 4.78 is 1.77. The zero-order valence-corrected chi connectivity index (χ0v) is 15.4. The second kappa shape index (κ2) is 6.46. The van der Waals surface area contributed by atoms with Crippen molar-refractivity contribution in [2.75, 3.05) is 18.4 Å². The number of likely N-dealkylation sites (tertiary alicyclic amines) is 1. The highest BCUT2D eigenvalue weighted by Crippen LogP contribution is 2.27. The molecule has 2 amide bonds. The minimum Gasteiger partial charge on any atom is -0.341 e. The number of aryl methyl sites for hydroxylation is 1. The molecule has 1 aliphatic heterocycles. The van der Waals surface area contributed by atoms with Crippen LogP contribution in [0.1, 0.15) is 31.2 Å². The molecule has 1 fully saturated rings. The van der Waals surface area contributed by atoms with Gasteiger partial charge in [-0.25, -0.2) is 14.6 Å². The summed E-state index contributed by atoms with van der Waals surface area (Å²) in [5.74, 6) is 1.34. The van der Waals surface area contributed by atoms with Crippen LogP contribution in [0.5, 0.6) is 0 Å². The van der Waals surface area contributed by atoms with E-state index in [1.54, 1.807) is 28.8 Å². The number of fused-ring (bicyclic) bond motifs is 1. The normalized spacial score (nSPS) is 14.3. The minimum absolute atomic E-state index is 0.0918. The van der Waals surface area contributed by atoms with Crippen LogP contribution in [0.25, 0.3) is 16.7 Å². The number of anilines is 1. The molecule has 1 N–H and O–H groups in total. The predicted octanol–water partition coefficient (Wildman–Crippen LogP) is 2.03. The van der Waals surface area contributed by atoms with E-state index in [9.17, 15) is 9.59 Å². The van der Waals surface area contributed by atoms with E-state index in [-0.39, 0.29) is 17.7 Å². The third-order valence-corrected chi connectivity index (χ3v) is 4.77. The minimum atomic E-state index is -0.176. The van der Waals surface area contributed by atoms with E-state index in [4.69, 9.17) is 4.98 Å². The number of nitrogens with zero attached hydrogens (tertiary/aromatic N) is 5. The van der Waals surface area contributed by atoms with Crippen LogP contribution in [0.4, 0.5) is 5.82 Å². The molecule has 0 saturated carbocycles. The first kappa shape index (κ1) is 17.1. The maximum Gasteiger partial charge on any atom is 0.222 e. The van der Waals surface area contributed by atoms with Crippen LogP contribution in [0.2, 0.25) is 0 Å². The van der Waals surface area contributed by atoms with E-state index in [1.807, 2.05) is 25.1 Å². The quantitative estimate of drug-likeness (QED) is 0.767. The lowest BCUT2D eigenvalue weighted by atomic mass is 9.96. The zero-order valence-electron chi connectivity index (χ0n) is 15.4. The molecule has 0 radical (unpaired) electrons. The Kier molecular flexibility index (Phi) is 4.10. The molecule has 0 atom stereocenters. The van der Waals surface area contributed by atoms with Crippen molar-refractivity contribution in [2.24, 2.45) is 0 Å². The molecule has 3 aromatic heterocycles. The zero-order chi connectivity index (χ0) is 19.1. The topological polar surface area (TPSA) is 93.0 Å². The first-order valence-corrected chi connectivity index (χ1v) is 8.78. The standard InChI is InChI=1S/C19H20N6O2/c1-11-15-8-20-18(21-12(2)26)7-17(15)25(23-11)19-6-4-5-16(22-19)14-9-24(10-14)13(3)27/h4-8,14H,9-10H2,1-3H3,(H,20,21,26). The summed E-state index contributed by atoms with van der Waals surface area (Å²) in [4.78, 5) is 33.6. The maximum atomic E-state index is 11.4. The molecule has 0 unspecified atom stereocenters. The highest BCUT2D eigenvalue weighted by atomic mass is 16.2. The highest BCUT2D eigenvalue weighted by Gasteiger charge is 2.31. The monoisotopic (exact) mass is 364 g/mol. The molecule has 0 spiro atoms. The Morgan fingerprint density at radius 2 is 2.00 bits per heavy atom. The molecule has 0 aliphatic carbocycles. The number of hydrogen-bond acceptors (Lipinski definition) is 5. The van der Waals surface area contributed by atoms with Crippen LogP contribution >= 0.6 is 0 Å². The van der Waals surface area contributed by atoms with E-state index in [2.05, 4.69) is 15.4 Å². The van der Waals surface area contributed by atoms with Gasteiger partial charge in [0, 0.05) is 56.2 Å². The van der Waals surface area contributed by atoms with Crippen LogP contribution in [0.3, 0.4) is 0 Å². The number of rotatable bonds is 3. The lowest BCUT2D eigenvalue weighted by Gasteiger charge is -2.38. The smallest absolute Gasteiger partial charge is 0.222 e. The summed E-state index contributed by atoms with van der Waals surface area (Å²) in [5, 5.41) is 8.21. The summed E-state index contributed by atoms with van der Waals surface area (Å²) in [6.45, 7) is 6.34. The summed E-state index contributed by atoms with van der Waals surface area (Å²) in [6, 6.07) is 7.63. The number of amides is 2. The molecule has 27 heavy (non-hydrogen) atoms. The molecule has 3 aromatic rings. The van der Waals surface area contributed by atoms with Crippen molar-refractivity contribution >= 4 is 28.5 Å². The van der Waals surface area contributed by atoms with Crippen molar-refractivity contribution in [2.45, 2.75) is 26.7 Å². The number of pyridine rings is 2. The van der Waals surface area contributed by atoms with Crippen molar-refractivity contribution in [3.63, 3.8) is 0 Å². The lowest BCUT2D eigenvalue weighted by molar-refractivity contribution is -0.133. The van der Waals surface area contributed by atoms with Crippen molar-refractivity contribution in [3.05, 3.63) is 41.9 Å². The molecular formula is C19H20N6O2. The summed E-state index contributed by atoms with van der Waals surface area (Å²) >= 11 is 0. The van der Waals surface area contributed by atoms with Crippen molar-refractivity contribution in [3.8, 4) is 5.82 Å². The number of aromatic nitrogens is 4. The van der Waals surface area contributed by atoms with Crippen LogP contribution in [-0.2, 0) is 9.59 Å². The van der Waals surface area contributed by atoms with E-state index in [0.29, 0.717) is 24.7 Å². The van der Waals surface area contributed by atoms with E-state index in [0.717, 1.165) is 22.3 Å². The van der Waals surface area contributed by atoms with E-state index < -0.39 is 0 Å². The molecule has 1 aliphatic rings. The summed E-state index contributed by atoms with van der Waals surface area (Å²) in [7, 11) is 0. The Morgan fingerprint density at radius 3 is 2.70 bits per heavy atom. The number of carbonyl (C=O) groups is 2. The third kappa shape index (κ3) is 3.14. The Hall–Kier alpha value is -3.29. The second-order valence-corrected chi connectivity index (χ2v) is 6.81.